The van der Waals surface area contributed by atoms with Crippen LogP contribution in [0, 0.1) is 10.1 Å². The molecule has 0 spiro atoms. The van der Waals surface area contributed by atoms with Gasteiger partial charge in [0, 0.05) is 37.3 Å². The van der Waals surface area contributed by atoms with Crippen molar-refractivity contribution in [1.82, 2.24) is 10.2 Å². The van der Waals surface area contributed by atoms with Gasteiger partial charge in [-0.2, -0.15) is 0 Å². The third-order valence-corrected chi connectivity index (χ3v) is 3.59. The lowest BCUT2D eigenvalue weighted by molar-refractivity contribution is -0.384. The number of hydrogen-bond acceptors (Lipinski definition) is 4. The van der Waals surface area contributed by atoms with Crippen LogP contribution < -0.4 is 5.32 Å². The van der Waals surface area contributed by atoms with Crippen LogP contribution in [-0.2, 0) is 11.2 Å². The average molecular weight is 277 g/mol. The van der Waals surface area contributed by atoms with Crippen LogP contribution in [0.15, 0.2) is 24.3 Å². The van der Waals surface area contributed by atoms with Gasteiger partial charge in [-0.15, -0.1) is 0 Å². The van der Waals surface area contributed by atoms with E-state index in [0.717, 1.165) is 13.1 Å². The number of hydrogen-bond donors (Lipinski definition) is 1. The van der Waals surface area contributed by atoms with Crippen molar-refractivity contribution in [3.8, 4) is 0 Å². The fourth-order valence-electron chi connectivity index (χ4n) is 2.67. The van der Waals surface area contributed by atoms with Gasteiger partial charge in [-0.1, -0.05) is 12.1 Å². The molecule has 0 aromatic heterocycles. The maximum atomic E-state index is 12.4. The van der Waals surface area contributed by atoms with Gasteiger partial charge in [0.25, 0.3) is 5.69 Å². The van der Waals surface area contributed by atoms with Crippen molar-refractivity contribution < 1.29 is 9.72 Å². The number of amides is 1. The molecule has 0 bridgehead atoms. The van der Waals surface area contributed by atoms with Gasteiger partial charge in [-0.05, 0) is 19.4 Å². The summed E-state index contributed by atoms with van der Waals surface area (Å²) in [6.45, 7) is 5.58. The minimum atomic E-state index is -0.440. The molecule has 0 aliphatic carbocycles. The largest absolute Gasteiger partial charge is 0.334 e. The molecule has 1 aliphatic heterocycles. The van der Waals surface area contributed by atoms with Crippen molar-refractivity contribution in [3.05, 3.63) is 39.9 Å². The van der Waals surface area contributed by atoms with Crippen molar-refractivity contribution >= 4 is 11.6 Å². The molecule has 0 saturated carbocycles. The number of rotatable bonds is 3. The van der Waals surface area contributed by atoms with Gasteiger partial charge in [-0.25, -0.2) is 0 Å². The Balaban J connectivity index is 2.10. The van der Waals surface area contributed by atoms with E-state index < -0.39 is 4.92 Å². The van der Waals surface area contributed by atoms with Crippen molar-refractivity contribution in [3.63, 3.8) is 0 Å². The Morgan fingerprint density at radius 3 is 2.65 bits per heavy atom. The predicted octanol–water partition coefficient (Wildman–Crippen LogP) is 1.35. The molecular weight excluding hydrogens is 258 g/mol. The number of benzene rings is 1. The smallest absolute Gasteiger partial charge is 0.269 e. The first kappa shape index (κ1) is 14.5. The van der Waals surface area contributed by atoms with Crippen molar-refractivity contribution in [2.45, 2.75) is 32.4 Å². The standard InChI is InChI=1S/C14H19N3O3/c1-10-8-15-9-11(2)16(10)14(18)7-12-4-3-5-13(6-12)17(19)20/h3-6,10-11,15H,7-9H2,1-2H3. The summed E-state index contributed by atoms with van der Waals surface area (Å²) in [6.07, 6.45) is 0.205. The zero-order valence-electron chi connectivity index (χ0n) is 11.7. The van der Waals surface area contributed by atoms with E-state index in [4.69, 9.17) is 0 Å². The summed E-state index contributed by atoms with van der Waals surface area (Å²) < 4.78 is 0. The summed E-state index contributed by atoms with van der Waals surface area (Å²) in [5.41, 5.74) is 0.707. The Hall–Kier alpha value is -1.95. The molecule has 2 unspecified atom stereocenters. The van der Waals surface area contributed by atoms with Gasteiger partial charge >= 0.3 is 0 Å². The van der Waals surface area contributed by atoms with E-state index >= 15 is 0 Å². The van der Waals surface area contributed by atoms with E-state index in [1.807, 2.05) is 18.7 Å². The lowest BCUT2D eigenvalue weighted by atomic mass is 10.1. The number of nitro benzene ring substituents is 1. The van der Waals surface area contributed by atoms with Crippen LogP contribution in [0.5, 0.6) is 0 Å². The molecular formula is C14H19N3O3. The molecule has 6 heteroatoms. The van der Waals surface area contributed by atoms with Crippen LogP contribution in [0.25, 0.3) is 0 Å². The highest BCUT2D eigenvalue weighted by Crippen LogP contribution is 2.16. The molecule has 2 atom stereocenters. The second-order valence-corrected chi connectivity index (χ2v) is 5.26. The summed E-state index contributed by atoms with van der Waals surface area (Å²) in [4.78, 5) is 24.6. The fourth-order valence-corrected chi connectivity index (χ4v) is 2.67. The van der Waals surface area contributed by atoms with Crippen LogP contribution in [-0.4, -0.2) is 40.9 Å². The van der Waals surface area contributed by atoms with E-state index in [9.17, 15) is 14.9 Å². The van der Waals surface area contributed by atoms with E-state index in [-0.39, 0.29) is 30.1 Å². The molecule has 6 nitrogen and oxygen atoms in total. The zero-order valence-corrected chi connectivity index (χ0v) is 11.7. The maximum absolute atomic E-state index is 12.4. The first-order chi connectivity index (χ1) is 9.49. The first-order valence-electron chi connectivity index (χ1n) is 6.74. The van der Waals surface area contributed by atoms with E-state index in [0.29, 0.717) is 5.56 Å². The first-order valence-corrected chi connectivity index (χ1v) is 6.74. The minimum Gasteiger partial charge on any atom is -0.334 e. The number of nitro groups is 1. The number of nitrogens with zero attached hydrogens (tertiary/aromatic N) is 2. The van der Waals surface area contributed by atoms with Crippen LogP contribution in [0.1, 0.15) is 19.4 Å². The highest BCUT2D eigenvalue weighted by atomic mass is 16.6. The third kappa shape index (κ3) is 3.14. The highest BCUT2D eigenvalue weighted by Gasteiger charge is 2.28. The molecule has 2 rings (SSSR count). The molecule has 0 radical (unpaired) electrons. The lowest BCUT2D eigenvalue weighted by Crippen LogP contribution is -2.57. The fraction of sp³-hybridized carbons (Fsp3) is 0.500. The quantitative estimate of drug-likeness (QED) is 0.668. The number of piperazine rings is 1. The third-order valence-electron chi connectivity index (χ3n) is 3.59. The number of carbonyl (C=O) groups excluding carboxylic acids is 1. The van der Waals surface area contributed by atoms with Gasteiger partial charge in [0.2, 0.25) is 5.91 Å². The molecule has 108 valence electrons. The second-order valence-electron chi connectivity index (χ2n) is 5.26. The molecule has 1 fully saturated rings. The SMILES string of the molecule is CC1CNCC(C)N1C(=O)Cc1cccc([N+](=O)[O-])c1. The lowest BCUT2D eigenvalue weighted by Gasteiger charge is -2.39. The Morgan fingerprint density at radius 2 is 2.05 bits per heavy atom. The molecule has 1 aromatic carbocycles. The van der Waals surface area contributed by atoms with Crippen molar-refractivity contribution in [1.29, 1.82) is 0 Å². The van der Waals surface area contributed by atoms with Crippen molar-refractivity contribution in [2.24, 2.45) is 0 Å². The number of carbonyl (C=O) groups is 1. The summed E-state index contributed by atoms with van der Waals surface area (Å²) in [5, 5.41) is 14.0. The summed E-state index contributed by atoms with van der Waals surface area (Å²) in [5.74, 6) is 0.0204. The van der Waals surface area contributed by atoms with Crippen molar-refractivity contribution in [2.75, 3.05) is 13.1 Å². The van der Waals surface area contributed by atoms with Crippen LogP contribution in [0.3, 0.4) is 0 Å². The average Bonchev–Trinajstić information content (AvgIpc) is 2.38. The van der Waals surface area contributed by atoms with Gasteiger partial charge in [0.15, 0.2) is 0 Å². The number of nitrogens with one attached hydrogen (secondary N) is 1. The van der Waals surface area contributed by atoms with Gasteiger partial charge < -0.3 is 10.2 Å². The topological polar surface area (TPSA) is 75.5 Å². The molecule has 1 amide bonds. The van der Waals surface area contributed by atoms with Gasteiger partial charge in [0.05, 0.1) is 11.3 Å². The van der Waals surface area contributed by atoms with E-state index in [1.165, 1.54) is 12.1 Å². The molecule has 20 heavy (non-hydrogen) atoms. The Morgan fingerprint density at radius 1 is 1.40 bits per heavy atom. The van der Waals surface area contributed by atoms with Crippen LogP contribution in [0.2, 0.25) is 0 Å². The zero-order chi connectivity index (χ0) is 14.7. The molecule has 1 saturated heterocycles. The molecule has 1 aliphatic rings. The minimum absolute atomic E-state index is 0.0204. The summed E-state index contributed by atoms with van der Waals surface area (Å²) in [7, 11) is 0. The van der Waals surface area contributed by atoms with E-state index in [1.54, 1.807) is 12.1 Å². The normalized spacial score (nSPS) is 22.6. The summed E-state index contributed by atoms with van der Waals surface area (Å²) in [6, 6.07) is 6.56. The predicted molar refractivity (Wildman–Crippen MR) is 75.4 cm³/mol. The Bertz CT molecular complexity index is 508. The Kier molecular flexibility index (Phi) is 4.34. The van der Waals surface area contributed by atoms with Gasteiger partial charge in [-0.3, -0.25) is 14.9 Å². The van der Waals surface area contributed by atoms with E-state index in [2.05, 4.69) is 5.32 Å². The molecule has 1 heterocycles. The highest BCUT2D eigenvalue weighted by molar-refractivity contribution is 5.79. The van der Waals surface area contributed by atoms with Gasteiger partial charge in [0.1, 0.15) is 0 Å². The Labute approximate surface area is 117 Å². The van der Waals surface area contributed by atoms with Crippen LogP contribution in [0.4, 0.5) is 5.69 Å². The van der Waals surface area contributed by atoms with Crippen LogP contribution >= 0.6 is 0 Å². The number of non-ortho nitro benzene ring substituents is 1. The monoisotopic (exact) mass is 277 g/mol. The maximum Gasteiger partial charge on any atom is 0.269 e. The molecule has 1 aromatic rings. The second kappa shape index (κ2) is 6.00. The summed E-state index contributed by atoms with van der Waals surface area (Å²) >= 11 is 0. The molecule has 1 N–H and O–H groups in total.